The van der Waals surface area contributed by atoms with E-state index in [4.69, 9.17) is 14.8 Å². The zero-order valence-corrected chi connectivity index (χ0v) is 16.9. The predicted octanol–water partition coefficient (Wildman–Crippen LogP) is 5.34. The standard InChI is InChI=1S/C18H24NO3P.BrH/c1-4-15-6-10-17(11-7-15)21-23(20,14(3)19)22-18-12-8-16(5-2)9-13-18;/h6-14H,4-5,19H2,1-3H3;1H. The maximum Gasteiger partial charge on any atom is 0.447 e. The van der Waals surface area contributed by atoms with Crippen molar-refractivity contribution < 1.29 is 13.6 Å². The van der Waals surface area contributed by atoms with E-state index >= 15 is 0 Å². The monoisotopic (exact) mass is 413 g/mol. The van der Waals surface area contributed by atoms with Gasteiger partial charge in [0.2, 0.25) is 0 Å². The van der Waals surface area contributed by atoms with E-state index in [1.807, 2.05) is 24.3 Å². The van der Waals surface area contributed by atoms with Crippen molar-refractivity contribution in [2.75, 3.05) is 0 Å². The molecule has 0 saturated carbocycles. The van der Waals surface area contributed by atoms with E-state index in [1.165, 1.54) is 11.1 Å². The molecule has 0 aliphatic rings. The van der Waals surface area contributed by atoms with Crippen LogP contribution in [0.1, 0.15) is 31.9 Å². The van der Waals surface area contributed by atoms with Gasteiger partial charge in [0, 0.05) is 0 Å². The van der Waals surface area contributed by atoms with Gasteiger partial charge in [-0.15, -0.1) is 17.0 Å². The number of rotatable bonds is 7. The van der Waals surface area contributed by atoms with Crippen molar-refractivity contribution in [2.24, 2.45) is 5.73 Å². The molecular weight excluding hydrogens is 389 g/mol. The first-order valence-corrected chi connectivity index (χ1v) is 9.50. The molecule has 0 bridgehead atoms. The Labute approximate surface area is 154 Å². The summed E-state index contributed by atoms with van der Waals surface area (Å²) in [6.07, 6.45) is 1.87. The summed E-state index contributed by atoms with van der Waals surface area (Å²) in [5.41, 5.74) is 8.23. The van der Waals surface area contributed by atoms with Crippen molar-refractivity contribution in [1.82, 2.24) is 0 Å². The van der Waals surface area contributed by atoms with Gasteiger partial charge in [-0.2, -0.15) is 0 Å². The van der Waals surface area contributed by atoms with Crippen LogP contribution >= 0.6 is 24.6 Å². The van der Waals surface area contributed by atoms with E-state index in [0.717, 1.165) is 12.8 Å². The normalized spacial score (nSPS) is 12.2. The summed E-state index contributed by atoms with van der Waals surface area (Å²) in [6, 6.07) is 14.9. The second-order valence-corrected chi connectivity index (χ2v) is 7.72. The smallest absolute Gasteiger partial charge is 0.415 e. The lowest BCUT2D eigenvalue weighted by atomic mass is 10.2. The molecule has 0 amide bonds. The summed E-state index contributed by atoms with van der Waals surface area (Å²) in [4.78, 5) is 0. The summed E-state index contributed by atoms with van der Waals surface area (Å²) < 4.78 is 24.3. The molecule has 1 atom stereocenters. The second kappa shape index (κ2) is 9.26. The number of hydrogen-bond donors (Lipinski definition) is 1. The highest BCUT2D eigenvalue weighted by molar-refractivity contribution is 8.93. The number of aryl methyl sites for hydroxylation is 2. The van der Waals surface area contributed by atoms with Crippen LogP contribution in [0.4, 0.5) is 0 Å². The first-order valence-electron chi connectivity index (χ1n) is 7.89. The maximum absolute atomic E-state index is 13.0. The van der Waals surface area contributed by atoms with Gasteiger partial charge in [-0.25, -0.2) is 4.57 Å². The van der Waals surface area contributed by atoms with Crippen LogP contribution in [0.5, 0.6) is 11.5 Å². The Morgan fingerprint density at radius 2 is 1.21 bits per heavy atom. The lowest BCUT2D eigenvalue weighted by Crippen LogP contribution is -2.22. The Hall–Kier alpha value is -1.29. The molecule has 0 fully saturated rings. The minimum absolute atomic E-state index is 0. The minimum Gasteiger partial charge on any atom is -0.415 e. The second-order valence-electron chi connectivity index (χ2n) is 5.46. The Kier molecular flexibility index (Phi) is 8.01. The molecule has 0 radical (unpaired) electrons. The third kappa shape index (κ3) is 5.37. The predicted molar refractivity (Wildman–Crippen MR) is 104 cm³/mol. The van der Waals surface area contributed by atoms with Gasteiger partial charge in [0.05, 0.1) is 0 Å². The molecule has 0 aliphatic heterocycles. The molecular formula is C18H25BrNO3P. The zero-order valence-electron chi connectivity index (χ0n) is 14.3. The Morgan fingerprint density at radius 1 is 0.875 bits per heavy atom. The quantitative estimate of drug-likeness (QED) is 0.621. The van der Waals surface area contributed by atoms with Crippen LogP contribution in [-0.4, -0.2) is 5.78 Å². The van der Waals surface area contributed by atoms with Crippen LogP contribution in [0, 0.1) is 0 Å². The molecule has 0 heterocycles. The number of benzene rings is 2. The van der Waals surface area contributed by atoms with Gasteiger partial charge >= 0.3 is 7.60 Å². The van der Waals surface area contributed by atoms with Crippen molar-refractivity contribution in [2.45, 2.75) is 39.4 Å². The van der Waals surface area contributed by atoms with Crippen LogP contribution in [0.15, 0.2) is 48.5 Å². The molecule has 2 rings (SSSR count). The molecule has 6 heteroatoms. The molecule has 132 valence electrons. The van der Waals surface area contributed by atoms with E-state index in [1.54, 1.807) is 31.2 Å². The lowest BCUT2D eigenvalue weighted by molar-refractivity contribution is 0.375. The summed E-state index contributed by atoms with van der Waals surface area (Å²) in [5.74, 6) is 0.250. The topological polar surface area (TPSA) is 61.5 Å². The molecule has 0 aliphatic carbocycles. The highest BCUT2D eigenvalue weighted by atomic mass is 79.9. The van der Waals surface area contributed by atoms with Crippen LogP contribution < -0.4 is 14.8 Å². The highest BCUT2D eigenvalue weighted by Crippen LogP contribution is 2.50. The number of halogens is 1. The fourth-order valence-electron chi connectivity index (χ4n) is 2.05. The van der Waals surface area contributed by atoms with Gasteiger partial charge in [-0.05, 0) is 55.2 Å². The van der Waals surface area contributed by atoms with Gasteiger partial charge < -0.3 is 14.8 Å². The van der Waals surface area contributed by atoms with Crippen LogP contribution in [-0.2, 0) is 17.4 Å². The Balaban J connectivity index is 0.00000288. The lowest BCUT2D eigenvalue weighted by Gasteiger charge is -2.23. The van der Waals surface area contributed by atoms with Crippen LogP contribution in [0.2, 0.25) is 0 Å². The van der Waals surface area contributed by atoms with Gasteiger partial charge in [-0.1, -0.05) is 38.1 Å². The third-order valence-electron chi connectivity index (χ3n) is 3.63. The molecule has 2 aromatic rings. The molecule has 24 heavy (non-hydrogen) atoms. The van der Waals surface area contributed by atoms with E-state index < -0.39 is 13.4 Å². The Bertz CT molecular complexity index is 618. The van der Waals surface area contributed by atoms with Crippen molar-refractivity contribution in [3.8, 4) is 11.5 Å². The van der Waals surface area contributed by atoms with Gasteiger partial charge in [0.15, 0.2) is 0 Å². The molecule has 1 unspecified atom stereocenters. The average molecular weight is 414 g/mol. The molecule has 0 spiro atoms. The van der Waals surface area contributed by atoms with E-state index in [9.17, 15) is 4.57 Å². The molecule has 2 aromatic carbocycles. The van der Waals surface area contributed by atoms with Crippen LogP contribution in [0.3, 0.4) is 0 Å². The van der Waals surface area contributed by atoms with E-state index in [0.29, 0.717) is 11.5 Å². The third-order valence-corrected chi connectivity index (χ3v) is 5.56. The highest BCUT2D eigenvalue weighted by Gasteiger charge is 2.33. The van der Waals surface area contributed by atoms with Crippen molar-refractivity contribution in [3.05, 3.63) is 59.7 Å². The number of hydrogen-bond acceptors (Lipinski definition) is 4. The summed E-state index contributed by atoms with van der Waals surface area (Å²) in [5, 5.41) is 0. The zero-order chi connectivity index (χ0) is 16.9. The minimum atomic E-state index is -3.50. The molecule has 4 nitrogen and oxygen atoms in total. The van der Waals surface area contributed by atoms with Crippen molar-refractivity contribution in [1.29, 1.82) is 0 Å². The van der Waals surface area contributed by atoms with Crippen molar-refractivity contribution >= 4 is 24.6 Å². The van der Waals surface area contributed by atoms with Crippen LogP contribution in [0.25, 0.3) is 0 Å². The van der Waals surface area contributed by atoms with Gasteiger partial charge in [0.1, 0.15) is 17.3 Å². The first kappa shape index (κ1) is 20.8. The Morgan fingerprint density at radius 3 is 1.46 bits per heavy atom. The summed E-state index contributed by atoms with van der Waals surface area (Å²) >= 11 is 0. The summed E-state index contributed by atoms with van der Waals surface area (Å²) in [6.45, 7) is 5.78. The molecule has 0 aromatic heterocycles. The largest absolute Gasteiger partial charge is 0.447 e. The maximum atomic E-state index is 13.0. The van der Waals surface area contributed by atoms with E-state index in [2.05, 4.69) is 13.8 Å². The number of nitrogens with two attached hydrogens (primary N) is 1. The first-order chi connectivity index (χ1) is 11.0. The van der Waals surface area contributed by atoms with E-state index in [-0.39, 0.29) is 17.0 Å². The molecule has 0 saturated heterocycles. The summed E-state index contributed by atoms with van der Waals surface area (Å²) in [7, 11) is -3.50. The van der Waals surface area contributed by atoms with Gasteiger partial charge in [-0.3, -0.25) is 0 Å². The SMILES string of the molecule is Br.CCc1ccc(OP(=O)(Oc2ccc(CC)cc2)C(C)N)cc1. The fourth-order valence-corrected chi connectivity index (χ4v) is 3.25. The molecule has 2 N–H and O–H groups in total. The van der Waals surface area contributed by atoms with Crippen molar-refractivity contribution in [3.63, 3.8) is 0 Å². The fraction of sp³-hybridized carbons (Fsp3) is 0.333. The average Bonchev–Trinajstić information content (AvgIpc) is 2.56. The van der Waals surface area contributed by atoms with Gasteiger partial charge in [0.25, 0.3) is 0 Å².